The summed E-state index contributed by atoms with van der Waals surface area (Å²) in [6.07, 6.45) is 1.39. The van der Waals surface area contributed by atoms with E-state index in [0.717, 1.165) is 6.07 Å². The van der Waals surface area contributed by atoms with Crippen LogP contribution < -0.4 is 5.32 Å². The summed E-state index contributed by atoms with van der Waals surface area (Å²) in [6, 6.07) is 5.20. The number of hydrogen-bond donors (Lipinski definition) is 2. The van der Waals surface area contributed by atoms with E-state index in [0.29, 0.717) is 0 Å². The van der Waals surface area contributed by atoms with Gasteiger partial charge in [0, 0.05) is 5.69 Å². The molecule has 1 rings (SSSR count). The highest BCUT2D eigenvalue weighted by molar-refractivity contribution is 7.85. The molecule has 0 aliphatic rings. The van der Waals surface area contributed by atoms with E-state index >= 15 is 0 Å². The van der Waals surface area contributed by atoms with Crippen molar-refractivity contribution in [3.05, 3.63) is 24.3 Å². The van der Waals surface area contributed by atoms with Crippen LogP contribution in [0, 0.1) is 0 Å². The van der Waals surface area contributed by atoms with Crippen molar-refractivity contribution in [1.82, 2.24) is 0 Å². The molecule has 0 aliphatic carbocycles. The highest BCUT2D eigenvalue weighted by Gasteiger charge is 2.08. The number of carbonyl (C=O) groups excluding carboxylic acids is 1. The zero-order chi connectivity index (χ0) is 9.90. The van der Waals surface area contributed by atoms with Crippen molar-refractivity contribution in [1.29, 1.82) is 0 Å². The molecule has 6 heteroatoms. The van der Waals surface area contributed by atoms with Gasteiger partial charge in [-0.25, -0.2) is 0 Å². The van der Waals surface area contributed by atoms with Crippen molar-refractivity contribution in [2.24, 2.45) is 0 Å². The molecule has 0 saturated heterocycles. The molecule has 0 aliphatic heterocycles. The molecule has 0 heterocycles. The Balaban J connectivity index is 3.13. The molecule has 1 amide bonds. The molecular weight excluding hydrogens is 194 g/mol. The largest absolute Gasteiger partial charge is 0.318 e. The summed E-state index contributed by atoms with van der Waals surface area (Å²) in [7, 11) is -4.21. The molecule has 1 aromatic carbocycles. The molecule has 13 heavy (non-hydrogen) atoms. The summed E-state index contributed by atoms with van der Waals surface area (Å²) < 4.78 is 29.9. The zero-order valence-electron chi connectivity index (χ0n) is 6.39. The van der Waals surface area contributed by atoms with Gasteiger partial charge in [0.2, 0.25) is 0 Å². The van der Waals surface area contributed by atoms with Gasteiger partial charge in [0.1, 0.15) is 0 Å². The first-order valence-electron chi connectivity index (χ1n) is 3.25. The van der Waals surface area contributed by atoms with Crippen LogP contribution in [0.5, 0.6) is 0 Å². The van der Waals surface area contributed by atoms with Crippen molar-refractivity contribution in [2.45, 2.75) is 4.90 Å². The van der Waals surface area contributed by atoms with Crippen molar-refractivity contribution >= 4 is 22.2 Å². The second-order valence-electron chi connectivity index (χ2n) is 2.23. The number of hydrogen-bond acceptors (Lipinski definition) is 3. The Hall–Kier alpha value is -1.40. The summed E-state index contributed by atoms with van der Waals surface area (Å²) in [5.74, 6) is 0. The van der Waals surface area contributed by atoms with E-state index < -0.39 is 10.1 Å². The van der Waals surface area contributed by atoms with Crippen LogP contribution >= 0.6 is 0 Å². The van der Waals surface area contributed by atoms with E-state index in [1.54, 1.807) is 0 Å². The molecule has 1 aromatic rings. The molecule has 0 unspecified atom stereocenters. The summed E-state index contributed by atoms with van der Waals surface area (Å²) >= 11 is 0. The molecule has 1 radical (unpaired) electrons. The molecule has 0 bridgehead atoms. The Morgan fingerprint density at radius 3 is 2.62 bits per heavy atom. The standard InChI is InChI=1S/C7H6NO4S/c9-5-8-6-2-1-3-7(4-6)13(10,11)12/h1-4H,(H,8,9)(H,10,11,12). The fourth-order valence-electron chi connectivity index (χ4n) is 0.793. The Morgan fingerprint density at radius 1 is 1.38 bits per heavy atom. The average Bonchev–Trinajstić information content (AvgIpc) is 2.04. The fourth-order valence-corrected chi connectivity index (χ4v) is 1.32. The number of amides is 1. The van der Waals surface area contributed by atoms with E-state index in [1.165, 1.54) is 24.6 Å². The quantitative estimate of drug-likeness (QED) is 0.546. The van der Waals surface area contributed by atoms with E-state index in [2.05, 4.69) is 5.32 Å². The average molecular weight is 200 g/mol. The fraction of sp³-hybridized carbons (Fsp3) is 0. The summed E-state index contributed by atoms with van der Waals surface area (Å²) in [5, 5.41) is 2.14. The highest BCUT2D eigenvalue weighted by Crippen LogP contribution is 2.13. The van der Waals surface area contributed by atoms with Crippen LogP contribution in [0.25, 0.3) is 0 Å². The van der Waals surface area contributed by atoms with Gasteiger partial charge in [-0.05, 0) is 18.2 Å². The topological polar surface area (TPSA) is 83.5 Å². The maximum Gasteiger partial charge on any atom is 0.314 e. The predicted octanol–water partition coefficient (Wildman–Crippen LogP) is 0.412. The molecule has 0 saturated carbocycles. The van der Waals surface area contributed by atoms with E-state index in [9.17, 15) is 13.2 Å². The van der Waals surface area contributed by atoms with Gasteiger partial charge in [0.25, 0.3) is 10.1 Å². The molecule has 0 fully saturated rings. The smallest absolute Gasteiger partial charge is 0.314 e. The highest BCUT2D eigenvalue weighted by atomic mass is 32.2. The maximum atomic E-state index is 10.6. The molecule has 69 valence electrons. The van der Waals surface area contributed by atoms with Crippen LogP contribution in [0.4, 0.5) is 5.69 Å². The third-order valence-electron chi connectivity index (χ3n) is 1.33. The first-order chi connectivity index (χ1) is 6.04. The van der Waals surface area contributed by atoms with Crippen molar-refractivity contribution in [3.8, 4) is 0 Å². The van der Waals surface area contributed by atoms with Gasteiger partial charge in [-0.15, -0.1) is 0 Å². The van der Waals surface area contributed by atoms with Crippen molar-refractivity contribution in [3.63, 3.8) is 0 Å². The minimum Gasteiger partial charge on any atom is -0.318 e. The molecule has 5 nitrogen and oxygen atoms in total. The SMILES string of the molecule is O=[C]Nc1cccc(S(=O)(=O)O)c1. The van der Waals surface area contributed by atoms with E-state index in [-0.39, 0.29) is 10.6 Å². The maximum absolute atomic E-state index is 10.6. The number of nitrogens with one attached hydrogen (secondary N) is 1. The van der Waals surface area contributed by atoms with Gasteiger partial charge in [-0.3, -0.25) is 9.35 Å². The number of anilines is 1. The second kappa shape index (κ2) is 3.55. The lowest BCUT2D eigenvalue weighted by molar-refractivity contribution is 0.483. The molecule has 0 aromatic heterocycles. The number of rotatable bonds is 3. The Morgan fingerprint density at radius 2 is 2.08 bits per heavy atom. The Bertz CT molecular complexity index is 412. The second-order valence-corrected chi connectivity index (χ2v) is 3.65. The lowest BCUT2D eigenvalue weighted by Crippen LogP contribution is -2.00. The predicted molar refractivity (Wildman–Crippen MR) is 45.6 cm³/mol. The van der Waals surface area contributed by atoms with Crippen LogP contribution in [0.2, 0.25) is 0 Å². The van der Waals surface area contributed by atoms with Crippen LogP contribution in [0.3, 0.4) is 0 Å². The van der Waals surface area contributed by atoms with Crippen molar-refractivity contribution in [2.75, 3.05) is 5.32 Å². The molecule has 0 spiro atoms. The Labute approximate surface area is 75.1 Å². The molecule has 0 atom stereocenters. The van der Waals surface area contributed by atoms with Crippen LogP contribution in [-0.4, -0.2) is 19.4 Å². The zero-order valence-corrected chi connectivity index (χ0v) is 7.21. The van der Waals surface area contributed by atoms with Gasteiger partial charge in [0.05, 0.1) is 4.90 Å². The van der Waals surface area contributed by atoms with Crippen LogP contribution in [0.15, 0.2) is 29.2 Å². The third kappa shape index (κ3) is 2.53. The van der Waals surface area contributed by atoms with Gasteiger partial charge in [0.15, 0.2) is 0 Å². The summed E-state index contributed by atoms with van der Waals surface area (Å²) in [5.41, 5.74) is 0.255. The van der Waals surface area contributed by atoms with Crippen LogP contribution in [-0.2, 0) is 14.9 Å². The minimum absolute atomic E-state index is 0.255. The monoisotopic (exact) mass is 200 g/mol. The molecule has 2 N–H and O–H groups in total. The first-order valence-corrected chi connectivity index (χ1v) is 4.69. The lowest BCUT2D eigenvalue weighted by atomic mass is 10.3. The first kappa shape index (κ1) is 9.69. The van der Waals surface area contributed by atoms with Gasteiger partial charge >= 0.3 is 6.41 Å². The van der Waals surface area contributed by atoms with Crippen LogP contribution in [0.1, 0.15) is 0 Å². The minimum atomic E-state index is -4.21. The summed E-state index contributed by atoms with van der Waals surface area (Å²) in [4.78, 5) is 9.62. The van der Waals surface area contributed by atoms with Gasteiger partial charge in [-0.2, -0.15) is 8.42 Å². The Kier molecular flexibility index (Phi) is 2.64. The third-order valence-corrected chi connectivity index (χ3v) is 2.18. The van der Waals surface area contributed by atoms with Crippen molar-refractivity contribution < 1.29 is 17.8 Å². The summed E-state index contributed by atoms with van der Waals surface area (Å²) in [6.45, 7) is 0. The lowest BCUT2D eigenvalue weighted by Gasteiger charge is -1.99. The van der Waals surface area contributed by atoms with E-state index in [4.69, 9.17) is 4.55 Å². The van der Waals surface area contributed by atoms with E-state index in [1.807, 2.05) is 0 Å². The molecular formula is C7H6NO4S. The van der Waals surface area contributed by atoms with Gasteiger partial charge < -0.3 is 5.32 Å². The normalized spacial score (nSPS) is 10.8. The van der Waals surface area contributed by atoms with Gasteiger partial charge in [-0.1, -0.05) is 6.07 Å². The number of benzene rings is 1.